The summed E-state index contributed by atoms with van der Waals surface area (Å²) in [5.41, 5.74) is 8.55. The molecule has 1 aromatic heterocycles. The third-order valence-electron chi connectivity index (χ3n) is 7.57. The van der Waals surface area contributed by atoms with Crippen LogP contribution < -0.4 is 11.6 Å². The van der Waals surface area contributed by atoms with Gasteiger partial charge in [-0.05, 0) is 23.8 Å². The Hall–Kier alpha value is -4.49. The zero-order valence-electron chi connectivity index (χ0n) is 22.9. The fourth-order valence-electron chi connectivity index (χ4n) is 5.45. The van der Waals surface area contributed by atoms with E-state index in [0.717, 1.165) is 28.9 Å². The summed E-state index contributed by atoms with van der Waals surface area (Å²) in [6.45, 7) is 4.10. The molecule has 43 heavy (non-hydrogen) atoms. The van der Waals surface area contributed by atoms with Crippen LogP contribution in [0, 0.1) is 17.5 Å². The van der Waals surface area contributed by atoms with Gasteiger partial charge in [0, 0.05) is 23.7 Å². The monoisotopic (exact) mass is 590 g/mol. The largest absolute Gasteiger partial charge is 0.397 e. The second kappa shape index (κ2) is 12.0. The average Bonchev–Trinajstić information content (AvgIpc) is 3.53. The first kappa shape index (κ1) is 28.6. The Labute approximate surface area is 245 Å². The van der Waals surface area contributed by atoms with Crippen LogP contribution in [-0.4, -0.2) is 44.6 Å². The summed E-state index contributed by atoms with van der Waals surface area (Å²) in [5, 5.41) is 9.85. The van der Waals surface area contributed by atoms with Crippen molar-refractivity contribution in [2.24, 2.45) is 11.6 Å². The van der Waals surface area contributed by atoms with Gasteiger partial charge in [-0.2, -0.15) is 0 Å². The second-order valence-corrected chi connectivity index (χ2v) is 10.3. The number of rotatable bonds is 7. The van der Waals surface area contributed by atoms with E-state index in [2.05, 4.69) is 16.8 Å². The number of hydrogen-bond donors (Lipinski definition) is 2. The Morgan fingerprint density at radius 2 is 1.74 bits per heavy atom. The molecule has 0 bridgehead atoms. The van der Waals surface area contributed by atoms with E-state index in [1.54, 1.807) is 12.4 Å². The first-order valence-electron chi connectivity index (χ1n) is 13.6. The predicted octanol–water partition coefficient (Wildman–Crippen LogP) is 4.77. The van der Waals surface area contributed by atoms with E-state index >= 15 is 0 Å². The van der Waals surface area contributed by atoms with E-state index in [0.29, 0.717) is 5.82 Å². The van der Waals surface area contributed by atoms with Crippen LogP contribution in [0.4, 0.5) is 13.2 Å². The third kappa shape index (κ3) is 5.65. The lowest BCUT2D eigenvalue weighted by atomic mass is 9.93. The summed E-state index contributed by atoms with van der Waals surface area (Å²) in [4.78, 5) is 0. The number of fused-ring (bicyclic) bond motifs is 1. The summed E-state index contributed by atoms with van der Waals surface area (Å²) in [6, 6.07) is 18.1. The molecule has 2 aliphatic rings. The van der Waals surface area contributed by atoms with Crippen molar-refractivity contribution in [3.05, 3.63) is 126 Å². The number of para-hydroxylation sites is 1. The molecule has 12 heteroatoms. The summed E-state index contributed by atoms with van der Waals surface area (Å²) in [5.74, 6) is 2.79. The van der Waals surface area contributed by atoms with Crippen molar-refractivity contribution >= 4 is 11.8 Å². The fraction of sp³-hybridized carbons (Fsp3) is 0.226. The quantitative estimate of drug-likeness (QED) is 0.180. The minimum Gasteiger partial charge on any atom is -0.397 e. The Bertz CT molecular complexity index is 1630. The highest BCUT2D eigenvalue weighted by Gasteiger charge is 2.47. The van der Waals surface area contributed by atoms with Crippen molar-refractivity contribution in [2.75, 3.05) is 6.61 Å². The van der Waals surface area contributed by atoms with Gasteiger partial charge in [-0.3, -0.25) is 4.57 Å². The van der Waals surface area contributed by atoms with Crippen LogP contribution in [0.15, 0.2) is 85.8 Å². The highest BCUT2D eigenvalue weighted by atomic mass is 19.2. The zero-order chi connectivity index (χ0) is 30.1. The van der Waals surface area contributed by atoms with Crippen LogP contribution in [-0.2, 0) is 14.2 Å². The normalized spacial score (nSPS) is 23.9. The van der Waals surface area contributed by atoms with Crippen LogP contribution in [0.5, 0.6) is 0 Å². The summed E-state index contributed by atoms with van der Waals surface area (Å²) >= 11 is 0. The van der Waals surface area contributed by atoms with Crippen LogP contribution in [0.3, 0.4) is 0 Å². The number of aromatic nitrogens is 3. The maximum atomic E-state index is 13.9. The number of nitrogens with two attached hydrogens (primary N) is 2. The number of nitrogens with zero attached hydrogens (tertiary/aromatic N) is 4. The number of benzene rings is 3. The topological polar surface area (TPSA) is 114 Å². The molecule has 2 aliphatic heterocycles. The van der Waals surface area contributed by atoms with Gasteiger partial charge in [0.2, 0.25) is 0 Å². The van der Waals surface area contributed by atoms with E-state index in [-0.39, 0.29) is 24.3 Å². The van der Waals surface area contributed by atoms with Gasteiger partial charge in [0.25, 0.3) is 0 Å². The van der Waals surface area contributed by atoms with Gasteiger partial charge in [-0.15, -0.1) is 10.2 Å². The van der Waals surface area contributed by atoms with Gasteiger partial charge in [0.05, 0.1) is 24.0 Å². The van der Waals surface area contributed by atoms with Crippen LogP contribution in [0.25, 0.3) is 17.5 Å². The van der Waals surface area contributed by atoms with Crippen LogP contribution >= 0.6 is 0 Å². The lowest BCUT2D eigenvalue weighted by Gasteiger charge is -2.48. The van der Waals surface area contributed by atoms with E-state index in [1.807, 2.05) is 59.2 Å². The molecule has 0 aliphatic carbocycles. The second-order valence-electron chi connectivity index (χ2n) is 10.3. The highest BCUT2D eigenvalue weighted by molar-refractivity contribution is 5.62. The van der Waals surface area contributed by atoms with Gasteiger partial charge < -0.3 is 25.0 Å². The molecule has 3 aromatic carbocycles. The molecule has 5 atom stereocenters. The summed E-state index contributed by atoms with van der Waals surface area (Å²) < 4.78 is 62.2. The molecule has 2 fully saturated rings. The van der Waals surface area contributed by atoms with Crippen molar-refractivity contribution < 1.29 is 27.4 Å². The SMILES string of the molecule is C=Cc1ccccc1-n1cnnc1C1CC(N(N)/C=C(\N)c2cc(F)c(F)c(F)c2)C2OC(c3ccccc3)OCC2O1. The molecule has 9 nitrogen and oxygen atoms in total. The molecule has 3 heterocycles. The smallest absolute Gasteiger partial charge is 0.194 e. The standard InChI is InChI=1S/C31H29F3N6O3/c1-2-18-8-6-7-11-24(18)39-17-37-38-30(39)26-14-25(40(36)15-23(35)20-12-21(32)28(34)22(33)13-20)29-27(42-26)16-41-31(43-29)19-9-4-3-5-10-19/h2-13,15,17,25-27,29,31H,1,14,16,35-36H2/b23-15-. The molecule has 222 valence electrons. The number of hydrogen-bond acceptors (Lipinski definition) is 8. The van der Waals surface area contributed by atoms with Crippen molar-refractivity contribution in [3.8, 4) is 5.69 Å². The minimum absolute atomic E-state index is 0.0668. The maximum Gasteiger partial charge on any atom is 0.194 e. The molecule has 0 spiro atoms. The summed E-state index contributed by atoms with van der Waals surface area (Å²) in [7, 11) is 0. The number of hydrazine groups is 1. The third-order valence-corrected chi connectivity index (χ3v) is 7.57. The molecular formula is C31H29F3N6O3. The average molecular weight is 591 g/mol. The van der Waals surface area contributed by atoms with Gasteiger partial charge in [0.15, 0.2) is 29.6 Å². The fourth-order valence-corrected chi connectivity index (χ4v) is 5.45. The van der Waals surface area contributed by atoms with Crippen molar-refractivity contribution in [3.63, 3.8) is 0 Å². The van der Waals surface area contributed by atoms with Crippen molar-refractivity contribution in [2.45, 2.75) is 37.1 Å². The zero-order valence-corrected chi connectivity index (χ0v) is 22.9. The molecule has 2 saturated heterocycles. The van der Waals surface area contributed by atoms with Crippen molar-refractivity contribution in [1.82, 2.24) is 19.8 Å². The van der Waals surface area contributed by atoms with E-state index in [4.69, 9.17) is 25.8 Å². The molecule has 4 aromatic rings. The van der Waals surface area contributed by atoms with Crippen LogP contribution in [0.1, 0.15) is 41.3 Å². The van der Waals surface area contributed by atoms with Gasteiger partial charge in [-0.1, -0.05) is 61.2 Å². The lowest BCUT2D eigenvalue weighted by Crippen LogP contribution is -2.59. The molecule has 0 saturated carbocycles. The lowest BCUT2D eigenvalue weighted by molar-refractivity contribution is -0.303. The van der Waals surface area contributed by atoms with E-state index in [9.17, 15) is 13.2 Å². The molecular weight excluding hydrogens is 561 g/mol. The molecule has 0 amide bonds. The summed E-state index contributed by atoms with van der Waals surface area (Å²) in [6.07, 6.45) is 2.51. The predicted molar refractivity (Wildman–Crippen MR) is 152 cm³/mol. The molecule has 0 radical (unpaired) electrons. The van der Waals surface area contributed by atoms with Crippen molar-refractivity contribution in [1.29, 1.82) is 0 Å². The molecule has 4 N–H and O–H groups in total. The first-order valence-corrected chi connectivity index (χ1v) is 13.6. The van der Waals surface area contributed by atoms with E-state index in [1.165, 1.54) is 11.2 Å². The molecule has 5 unspecified atom stereocenters. The number of halogens is 3. The Morgan fingerprint density at radius 1 is 1.02 bits per heavy atom. The Kier molecular flexibility index (Phi) is 8.00. The van der Waals surface area contributed by atoms with E-state index < -0.39 is 48.1 Å². The maximum absolute atomic E-state index is 13.9. The highest BCUT2D eigenvalue weighted by Crippen LogP contribution is 2.40. The molecule has 6 rings (SSSR count). The van der Waals surface area contributed by atoms with Gasteiger partial charge in [-0.25, -0.2) is 19.0 Å². The first-order chi connectivity index (χ1) is 20.8. The minimum atomic E-state index is -1.58. The Balaban J connectivity index is 1.34. The van der Waals surface area contributed by atoms with Crippen LogP contribution in [0.2, 0.25) is 0 Å². The van der Waals surface area contributed by atoms with Gasteiger partial charge >= 0.3 is 0 Å². The Morgan fingerprint density at radius 3 is 2.49 bits per heavy atom. The number of ether oxygens (including phenoxy) is 3. The van der Waals surface area contributed by atoms with Gasteiger partial charge in [0.1, 0.15) is 24.6 Å².